The summed E-state index contributed by atoms with van der Waals surface area (Å²) in [6.07, 6.45) is 3.15. The number of carboxylic acid groups (broad SMARTS) is 1. The average Bonchev–Trinajstić information content (AvgIpc) is 2.72. The van der Waals surface area contributed by atoms with Crippen molar-refractivity contribution in [2.24, 2.45) is 5.92 Å². The molecule has 1 aromatic rings. The van der Waals surface area contributed by atoms with E-state index in [0.29, 0.717) is 17.7 Å². The molecule has 0 aliphatic heterocycles. The Morgan fingerprint density at radius 3 is 2.93 bits per heavy atom. The van der Waals surface area contributed by atoms with E-state index in [2.05, 4.69) is 0 Å². The van der Waals surface area contributed by atoms with Gasteiger partial charge in [0.1, 0.15) is 5.76 Å². The molecule has 4 nitrogen and oxygen atoms in total. The van der Waals surface area contributed by atoms with Gasteiger partial charge in [0.2, 0.25) is 0 Å². The summed E-state index contributed by atoms with van der Waals surface area (Å²) in [6, 6.07) is 3.64. The first kappa shape index (κ1) is 10.1. The molecule has 1 aliphatic rings. The molecule has 3 N–H and O–H groups in total. The van der Waals surface area contributed by atoms with Crippen molar-refractivity contribution in [3.63, 3.8) is 0 Å². The Hall–Kier alpha value is -1.45. The molecule has 2 unspecified atom stereocenters. The van der Waals surface area contributed by atoms with E-state index in [1.807, 2.05) is 6.07 Å². The Bertz CT molecular complexity index is 358. The molecule has 0 bridgehead atoms. The van der Waals surface area contributed by atoms with Crippen LogP contribution in [-0.4, -0.2) is 11.1 Å². The summed E-state index contributed by atoms with van der Waals surface area (Å²) in [4.78, 5) is 10.6. The summed E-state index contributed by atoms with van der Waals surface area (Å²) in [5, 5.41) is 8.69. The molecule has 1 fully saturated rings. The van der Waals surface area contributed by atoms with Gasteiger partial charge in [-0.25, -0.2) is 0 Å². The number of furan rings is 1. The van der Waals surface area contributed by atoms with E-state index in [4.69, 9.17) is 15.3 Å². The van der Waals surface area contributed by atoms with Gasteiger partial charge >= 0.3 is 5.97 Å². The van der Waals surface area contributed by atoms with E-state index >= 15 is 0 Å². The van der Waals surface area contributed by atoms with E-state index < -0.39 is 5.97 Å². The van der Waals surface area contributed by atoms with Crippen LogP contribution in [0, 0.1) is 5.92 Å². The molecule has 0 amide bonds. The molecule has 0 radical (unpaired) electrons. The number of hydrogen-bond acceptors (Lipinski definition) is 3. The van der Waals surface area contributed by atoms with Crippen molar-refractivity contribution in [3.8, 4) is 0 Å². The van der Waals surface area contributed by atoms with E-state index in [-0.39, 0.29) is 6.42 Å². The number of anilines is 1. The fourth-order valence-corrected chi connectivity index (χ4v) is 2.35. The van der Waals surface area contributed by atoms with E-state index in [0.717, 1.165) is 25.0 Å². The topological polar surface area (TPSA) is 76.5 Å². The third-order valence-electron chi connectivity index (χ3n) is 3.05. The maximum absolute atomic E-state index is 10.6. The minimum atomic E-state index is -0.709. The number of aliphatic carboxylic acids is 1. The van der Waals surface area contributed by atoms with Crippen LogP contribution >= 0.6 is 0 Å². The van der Waals surface area contributed by atoms with Crippen LogP contribution in [-0.2, 0) is 4.79 Å². The third-order valence-corrected chi connectivity index (χ3v) is 3.05. The van der Waals surface area contributed by atoms with Gasteiger partial charge in [-0.1, -0.05) is 0 Å². The zero-order valence-electron chi connectivity index (χ0n) is 8.48. The van der Waals surface area contributed by atoms with Crippen LogP contribution in [0.3, 0.4) is 0 Å². The van der Waals surface area contributed by atoms with Crippen molar-refractivity contribution in [1.82, 2.24) is 0 Å². The standard InChI is InChI=1S/C11H15NO3/c12-10-4-3-9(15-10)8-2-1-7(5-8)6-11(13)14/h3-4,7-8H,1-2,5-6,12H2,(H,13,14). The molecule has 82 valence electrons. The number of nitrogen functional groups attached to an aromatic ring is 1. The number of hydrogen-bond donors (Lipinski definition) is 2. The van der Waals surface area contributed by atoms with Gasteiger partial charge in [-0.05, 0) is 31.2 Å². The summed E-state index contributed by atoms with van der Waals surface area (Å²) in [7, 11) is 0. The molecule has 0 aromatic carbocycles. The lowest BCUT2D eigenvalue weighted by atomic mass is 10.0. The monoisotopic (exact) mass is 209 g/mol. The van der Waals surface area contributed by atoms with Crippen LogP contribution in [0.5, 0.6) is 0 Å². The molecular weight excluding hydrogens is 194 g/mol. The number of nitrogens with two attached hydrogens (primary N) is 1. The van der Waals surface area contributed by atoms with Gasteiger partial charge < -0.3 is 15.3 Å². The van der Waals surface area contributed by atoms with Gasteiger partial charge in [0.05, 0.1) is 0 Å². The van der Waals surface area contributed by atoms with Crippen LogP contribution < -0.4 is 5.73 Å². The molecule has 1 aromatic heterocycles. The molecule has 0 spiro atoms. The first-order valence-corrected chi connectivity index (χ1v) is 5.22. The summed E-state index contributed by atoms with van der Waals surface area (Å²) in [5.41, 5.74) is 5.50. The zero-order valence-corrected chi connectivity index (χ0v) is 8.48. The first-order chi connectivity index (χ1) is 7.15. The molecular formula is C11H15NO3. The molecule has 1 heterocycles. The van der Waals surface area contributed by atoms with E-state index in [1.54, 1.807) is 6.07 Å². The second kappa shape index (κ2) is 3.96. The Balaban J connectivity index is 1.95. The Morgan fingerprint density at radius 2 is 2.33 bits per heavy atom. The van der Waals surface area contributed by atoms with Crippen LogP contribution in [0.4, 0.5) is 5.88 Å². The molecule has 2 atom stereocenters. The minimum absolute atomic E-state index is 0.271. The Morgan fingerprint density at radius 1 is 1.53 bits per heavy atom. The first-order valence-electron chi connectivity index (χ1n) is 5.22. The quantitative estimate of drug-likeness (QED) is 0.800. The van der Waals surface area contributed by atoms with E-state index in [9.17, 15) is 4.79 Å². The summed E-state index contributed by atoms with van der Waals surface area (Å²) >= 11 is 0. The van der Waals surface area contributed by atoms with Crippen molar-refractivity contribution in [2.75, 3.05) is 5.73 Å². The number of carbonyl (C=O) groups is 1. The number of rotatable bonds is 3. The smallest absolute Gasteiger partial charge is 0.303 e. The normalized spacial score (nSPS) is 25.6. The Kier molecular flexibility index (Phi) is 2.66. The van der Waals surface area contributed by atoms with Crippen molar-refractivity contribution in [1.29, 1.82) is 0 Å². The molecule has 2 rings (SSSR count). The van der Waals surface area contributed by atoms with Gasteiger partial charge in [-0.3, -0.25) is 4.79 Å². The molecule has 4 heteroatoms. The van der Waals surface area contributed by atoms with Gasteiger partial charge in [0.15, 0.2) is 5.88 Å². The highest BCUT2D eigenvalue weighted by atomic mass is 16.4. The highest BCUT2D eigenvalue weighted by Crippen LogP contribution is 2.40. The largest absolute Gasteiger partial charge is 0.481 e. The van der Waals surface area contributed by atoms with E-state index in [1.165, 1.54) is 0 Å². The number of carboxylic acids is 1. The van der Waals surface area contributed by atoms with Gasteiger partial charge in [0, 0.05) is 18.4 Å². The highest BCUT2D eigenvalue weighted by molar-refractivity contribution is 5.67. The van der Waals surface area contributed by atoms with Gasteiger partial charge in [-0.2, -0.15) is 0 Å². The minimum Gasteiger partial charge on any atom is -0.481 e. The summed E-state index contributed by atoms with van der Waals surface area (Å²) in [6.45, 7) is 0. The van der Waals surface area contributed by atoms with Crippen molar-refractivity contribution in [3.05, 3.63) is 17.9 Å². The second-order valence-electron chi connectivity index (χ2n) is 4.21. The van der Waals surface area contributed by atoms with Crippen LogP contribution in [0.25, 0.3) is 0 Å². The fraction of sp³-hybridized carbons (Fsp3) is 0.545. The summed E-state index contributed by atoms with van der Waals surface area (Å²) < 4.78 is 5.35. The lowest BCUT2D eigenvalue weighted by Gasteiger charge is -2.06. The maximum Gasteiger partial charge on any atom is 0.303 e. The van der Waals surface area contributed by atoms with Crippen molar-refractivity contribution >= 4 is 11.9 Å². The SMILES string of the molecule is Nc1ccc(C2CCC(CC(=O)O)C2)o1. The van der Waals surface area contributed by atoms with Crippen LogP contribution in [0.15, 0.2) is 16.5 Å². The predicted molar refractivity (Wildman–Crippen MR) is 55.5 cm³/mol. The second-order valence-corrected chi connectivity index (χ2v) is 4.21. The average molecular weight is 209 g/mol. The lowest BCUT2D eigenvalue weighted by Crippen LogP contribution is -2.04. The molecule has 0 saturated heterocycles. The fourth-order valence-electron chi connectivity index (χ4n) is 2.35. The molecule has 1 aliphatic carbocycles. The Labute approximate surface area is 88.1 Å². The maximum atomic E-state index is 10.6. The van der Waals surface area contributed by atoms with Crippen LogP contribution in [0.2, 0.25) is 0 Å². The van der Waals surface area contributed by atoms with Crippen molar-refractivity contribution in [2.45, 2.75) is 31.6 Å². The summed E-state index contributed by atoms with van der Waals surface area (Å²) in [5.74, 6) is 1.28. The van der Waals surface area contributed by atoms with Gasteiger partial charge in [0.25, 0.3) is 0 Å². The molecule has 15 heavy (non-hydrogen) atoms. The third kappa shape index (κ3) is 2.32. The molecule has 1 saturated carbocycles. The van der Waals surface area contributed by atoms with Crippen LogP contribution in [0.1, 0.15) is 37.4 Å². The highest BCUT2D eigenvalue weighted by Gasteiger charge is 2.29. The zero-order chi connectivity index (χ0) is 10.8. The predicted octanol–water partition coefficient (Wildman–Crippen LogP) is 2.22. The van der Waals surface area contributed by atoms with Crippen molar-refractivity contribution < 1.29 is 14.3 Å². The lowest BCUT2D eigenvalue weighted by molar-refractivity contribution is -0.138. The van der Waals surface area contributed by atoms with Gasteiger partial charge in [-0.15, -0.1) is 0 Å².